The van der Waals surface area contributed by atoms with E-state index in [-0.39, 0.29) is 11.8 Å². The summed E-state index contributed by atoms with van der Waals surface area (Å²) < 4.78 is 7.78. The van der Waals surface area contributed by atoms with E-state index in [2.05, 4.69) is 16.7 Å². The highest BCUT2D eigenvalue weighted by Crippen LogP contribution is 2.34. The van der Waals surface area contributed by atoms with E-state index in [0.29, 0.717) is 24.5 Å². The maximum atomic E-state index is 12.9. The molecular formula is C25H22ClN3O2. The van der Waals surface area contributed by atoms with Crippen molar-refractivity contribution in [2.45, 2.75) is 18.9 Å². The van der Waals surface area contributed by atoms with Crippen molar-refractivity contribution in [1.29, 1.82) is 0 Å². The fourth-order valence-electron chi connectivity index (χ4n) is 4.33. The Morgan fingerprint density at radius 1 is 1.03 bits per heavy atom. The van der Waals surface area contributed by atoms with E-state index in [1.54, 1.807) is 7.11 Å². The van der Waals surface area contributed by atoms with Crippen molar-refractivity contribution in [2.75, 3.05) is 18.6 Å². The average Bonchev–Trinajstić information content (AvgIpc) is 3.35. The number of carbonyl (C=O) groups excluding carboxylic acids is 1. The van der Waals surface area contributed by atoms with E-state index < -0.39 is 0 Å². The lowest BCUT2D eigenvalue weighted by molar-refractivity contribution is -0.117. The first-order valence-electron chi connectivity index (χ1n) is 10.3. The highest BCUT2D eigenvalue weighted by Gasteiger charge is 2.35. The van der Waals surface area contributed by atoms with Crippen molar-refractivity contribution < 1.29 is 9.53 Å². The number of amides is 1. The summed E-state index contributed by atoms with van der Waals surface area (Å²) in [5, 5.41) is 0.658. The molecule has 0 saturated carbocycles. The van der Waals surface area contributed by atoms with Gasteiger partial charge in [-0.05, 0) is 42.5 Å². The molecule has 6 heteroatoms. The first kappa shape index (κ1) is 19.6. The summed E-state index contributed by atoms with van der Waals surface area (Å²) in [6.45, 7) is 1.22. The second kappa shape index (κ2) is 8.08. The molecule has 1 amide bonds. The van der Waals surface area contributed by atoms with Crippen LogP contribution in [0.15, 0.2) is 72.8 Å². The Labute approximate surface area is 185 Å². The second-order valence-electron chi connectivity index (χ2n) is 7.74. The van der Waals surface area contributed by atoms with Crippen LogP contribution in [0, 0.1) is 0 Å². The Hall–Kier alpha value is -3.31. The summed E-state index contributed by atoms with van der Waals surface area (Å²) in [5.41, 5.74) is 3.93. The molecule has 5 rings (SSSR count). The molecule has 1 aliphatic rings. The lowest BCUT2D eigenvalue weighted by Gasteiger charge is -2.18. The largest absolute Gasteiger partial charge is 0.496 e. The predicted octanol–water partition coefficient (Wildman–Crippen LogP) is 5.27. The van der Waals surface area contributed by atoms with E-state index in [0.717, 1.165) is 33.9 Å². The molecular weight excluding hydrogens is 410 g/mol. The number of aromatic nitrogens is 2. The number of para-hydroxylation sites is 3. The topological polar surface area (TPSA) is 47.4 Å². The first-order valence-corrected chi connectivity index (χ1v) is 10.6. The second-order valence-corrected chi connectivity index (χ2v) is 8.17. The summed E-state index contributed by atoms with van der Waals surface area (Å²) in [6.07, 6.45) is 0.428. The number of nitrogens with zero attached hydrogens (tertiary/aromatic N) is 3. The number of carbonyl (C=O) groups is 1. The third-order valence-electron chi connectivity index (χ3n) is 5.83. The van der Waals surface area contributed by atoms with Gasteiger partial charge in [0.05, 0.1) is 24.7 Å². The number of rotatable bonds is 5. The van der Waals surface area contributed by atoms with Crippen LogP contribution in [0.1, 0.15) is 23.7 Å². The monoisotopic (exact) mass is 431 g/mol. The Balaban J connectivity index is 1.53. The SMILES string of the molecule is COc1ccccc1Cn1c(C2CC(=O)N(c3ccc(Cl)cc3)C2)nc2ccccc21. The first-order chi connectivity index (χ1) is 15.1. The van der Waals surface area contributed by atoms with Gasteiger partial charge in [-0.15, -0.1) is 0 Å². The number of halogens is 1. The van der Waals surface area contributed by atoms with Gasteiger partial charge >= 0.3 is 0 Å². The Morgan fingerprint density at radius 2 is 1.77 bits per heavy atom. The van der Waals surface area contributed by atoms with Crippen molar-refractivity contribution in [3.8, 4) is 5.75 Å². The molecule has 5 nitrogen and oxygen atoms in total. The van der Waals surface area contributed by atoms with Gasteiger partial charge in [0.25, 0.3) is 0 Å². The highest BCUT2D eigenvalue weighted by molar-refractivity contribution is 6.30. The average molecular weight is 432 g/mol. The smallest absolute Gasteiger partial charge is 0.227 e. The van der Waals surface area contributed by atoms with Crippen molar-refractivity contribution in [1.82, 2.24) is 9.55 Å². The lowest BCUT2D eigenvalue weighted by atomic mass is 10.1. The van der Waals surface area contributed by atoms with E-state index in [1.807, 2.05) is 65.6 Å². The van der Waals surface area contributed by atoms with Crippen molar-refractivity contribution >= 4 is 34.2 Å². The number of hydrogen-bond donors (Lipinski definition) is 0. The number of fused-ring (bicyclic) bond motifs is 1. The molecule has 1 fully saturated rings. The molecule has 0 bridgehead atoms. The number of methoxy groups -OCH3 is 1. The number of benzene rings is 3. The minimum Gasteiger partial charge on any atom is -0.496 e. The minimum absolute atomic E-state index is 0.00489. The van der Waals surface area contributed by atoms with Gasteiger partial charge in [-0.25, -0.2) is 4.98 Å². The molecule has 1 atom stereocenters. The van der Waals surface area contributed by atoms with Crippen molar-refractivity contribution in [2.24, 2.45) is 0 Å². The van der Waals surface area contributed by atoms with Gasteiger partial charge < -0.3 is 14.2 Å². The zero-order chi connectivity index (χ0) is 21.4. The van der Waals surface area contributed by atoms with Gasteiger partial charge in [0.15, 0.2) is 0 Å². The van der Waals surface area contributed by atoms with Crippen molar-refractivity contribution in [3.63, 3.8) is 0 Å². The normalized spacial score (nSPS) is 16.3. The summed E-state index contributed by atoms with van der Waals surface area (Å²) in [5.74, 6) is 1.88. The molecule has 0 aliphatic carbocycles. The van der Waals surface area contributed by atoms with Crippen LogP contribution >= 0.6 is 11.6 Å². The Bertz CT molecular complexity index is 1250. The summed E-state index contributed by atoms with van der Waals surface area (Å²) in [7, 11) is 1.69. The summed E-state index contributed by atoms with van der Waals surface area (Å²) in [6, 6.07) is 23.5. The van der Waals surface area contributed by atoms with Crippen LogP contribution in [-0.2, 0) is 11.3 Å². The quantitative estimate of drug-likeness (QED) is 0.432. The molecule has 2 heterocycles. The number of hydrogen-bond acceptors (Lipinski definition) is 3. The Morgan fingerprint density at radius 3 is 2.58 bits per heavy atom. The molecule has 1 unspecified atom stereocenters. The lowest BCUT2D eigenvalue weighted by Crippen LogP contribution is -2.24. The molecule has 1 aliphatic heterocycles. The van der Waals surface area contributed by atoms with Crippen LogP contribution in [0.3, 0.4) is 0 Å². The van der Waals surface area contributed by atoms with E-state index in [9.17, 15) is 4.79 Å². The zero-order valence-corrected chi connectivity index (χ0v) is 17.9. The summed E-state index contributed by atoms with van der Waals surface area (Å²) in [4.78, 5) is 19.6. The third-order valence-corrected chi connectivity index (χ3v) is 6.09. The molecule has 3 aromatic carbocycles. The highest BCUT2D eigenvalue weighted by atomic mass is 35.5. The van der Waals surface area contributed by atoms with Gasteiger partial charge in [-0.2, -0.15) is 0 Å². The fraction of sp³-hybridized carbons (Fsp3) is 0.200. The number of anilines is 1. The fourth-order valence-corrected chi connectivity index (χ4v) is 4.45. The maximum absolute atomic E-state index is 12.9. The minimum atomic E-state index is 0.00489. The standard InChI is InChI=1S/C25H22ClN3O2/c1-31-23-9-5-2-6-17(23)15-29-22-8-4-3-7-21(22)27-25(29)18-14-24(30)28(16-18)20-12-10-19(26)11-13-20/h2-13,18H,14-16H2,1H3. The molecule has 1 aromatic heterocycles. The predicted molar refractivity (Wildman–Crippen MR) is 123 cm³/mol. The van der Waals surface area contributed by atoms with Gasteiger partial charge in [-0.1, -0.05) is 41.9 Å². The van der Waals surface area contributed by atoms with Crippen LogP contribution in [0.2, 0.25) is 5.02 Å². The van der Waals surface area contributed by atoms with Crippen LogP contribution < -0.4 is 9.64 Å². The van der Waals surface area contributed by atoms with E-state index in [4.69, 9.17) is 21.3 Å². The van der Waals surface area contributed by atoms with Crippen LogP contribution in [0.25, 0.3) is 11.0 Å². The number of imidazole rings is 1. The molecule has 31 heavy (non-hydrogen) atoms. The Kier molecular flexibility index (Phi) is 5.12. The molecule has 0 radical (unpaired) electrons. The summed E-state index contributed by atoms with van der Waals surface area (Å²) >= 11 is 6.02. The van der Waals surface area contributed by atoms with Crippen LogP contribution in [-0.4, -0.2) is 29.1 Å². The maximum Gasteiger partial charge on any atom is 0.227 e. The molecule has 0 N–H and O–H groups in total. The van der Waals surface area contributed by atoms with Gasteiger partial charge in [0.2, 0.25) is 5.91 Å². The molecule has 156 valence electrons. The van der Waals surface area contributed by atoms with Gasteiger partial charge in [0.1, 0.15) is 11.6 Å². The van der Waals surface area contributed by atoms with Crippen LogP contribution in [0.5, 0.6) is 5.75 Å². The van der Waals surface area contributed by atoms with Gasteiger partial charge in [-0.3, -0.25) is 4.79 Å². The molecule has 4 aromatic rings. The van der Waals surface area contributed by atoms with Crippen LogP contribution in [0.4, 0.5) is 5.69 Å². The third kappa shape index (κ3) is 3.66. The molecule has 0 spiro atoms. The number of ether oxygens (including phenoxy) is 1. The van der Waals surface area contributed by atoms with Crippen molar-refractivity contribution in [3.05, 3.63) is 89.2 Å². The van der Waals surface area contributed by atoms with E-state index >= 15 is 0 Å². The molecule has 1 saturated heterocycles. The van der Waals surface area contributed by atoms with E-state index in [1.165, 1.54) is 0 Å². The van der Waals surface area contributed by atoms with Gasteiger partial charge in [0, 0.05) is 35.2 Å². The zero-order valence-electron chi connectivity index (χ0n) is 17.2.